The van der Waals surface area contributed by atoms with Gasteiger partial charge in [0, 0.05) is 0 Å². The van der Waals surface area contributed by atoms with Gasteiger partial charge in [-0.15, -0.1) is 0 Å². The van der Waals surface area contributed by atoms with Crippen molar-refractivity contribution in [2.75, 3.05) is 0 Å². The summed E-state index contributed by atoms with van der Waals surface area (Å²) < 4.78 is 0. The van der Waals surface area contributed by atoms with Gasteiger partial charge in [-0.25, -0.2) is 0 Å². The molecule has 0 spiro atoms. The first-order chi connectivity index (χ1) is 8.00. The molecule has 36 heteroatoms. The molecule has 0 fully saturated rings. The molecule has 0 aromatic heterocycles. The van der Waals surface area contributed by atoms with E-state index in [1.54, 1.807) is 0 Å². The smallest absolute Gasteiger partial charge is 1.00 e. The molecule has 30 nitrogen and oxygen atoms in total. The first-order valence-electron chi connectivity index (χ1n) is 1.33. The van der Waals surface area contributed by atoms with Crippen molar-refractivity contribution in [3.63, 3.8) is 0 Å². The monoisotopic (exact) mass is 808 g/mol. The van der Waals surface area contributed by atoms with Crippen LogP contribution in [0.4, 0.5) is 0 Å². The van der Waals surface area contributed by atoms with Crippen molar-refractivity contribution >= 4 is 46.1 Å². The van der Waals surface area contributed by atoms with Gasteiger partial charge < -0.3 is 161 Å². The molecule has 0 rings (SSSR count). The molecule has 0 aliphatic carbocycles. The van der Waals surface area contributed by atoms with Crippen molar-refractivity contribution in [3.05, 3.63) is 0 Å². The largest absolute Gasteiger partial charge is 5.00 e. The zero-order valence-corrected chi connectivity index (χ0v) is 30.7. The standard InChI is InChI=1S/2K.2Mg.2Nb.8O2.14H2O/c;;;;;;8*1-2;;;;;;;;;;;;;;/h;;;;;;;;;;;;;;14*1H2/q2*+1;2*+2;2*+5;8*-2;;;;;;;;;;;;;;/p-12. The van der Waals surface area contributed by atoms with Crippen LogP contribution < -0.4 is 187 Å². The average molecular weight is 809 g/mol. The summed E-state index contributed by atoms with van der Waals surface area (Å²) in [4.78, 5) is 0. The van der Waals surface area contributed by atoms with Gasteiger partial charge in [-0.1, -0.05) is 0 Å². The molecule has 0 saturated heterocycles. The van der Waals surface area contributed by atoms with Gasteiger partial charge in [0.2, 0.25) is 0 Å². The van der Waals surface area contributed by atoms with Crippen LogP contribution in [0.2, 0.25) is 0 Å². The molecule has 0 aliphatic heterocycles. The fraction of sp³-hybridized carbons (Fsp3) is 0. The summed E-state index contributed by atoms with van der Waals surface area (Å²) in [6.07, 6.45) is 0. The molecule has 0 saturated carbocycles. The Kier molecular flexibility index (Phi) is 25400. The summed E-state index contributed by atoms with van der Waals surface area (Å²) in [5.74, 6) is 0. The first-order valence-corrected chi connectivity index (χ1v) is 1.33. The van der Waals surface area contributed by atoms with Crippen LogP contribution in [-0.2, 0) is 44.8 Å². The van der Waals surface area contributed by atoms with Gasteiger partial charge in [-0.05, 0) is 0 Å². The third-order valence-electron chi connectivity index (χ3n) is 0. The Labute approximate surface area is 348 Å². The molecular formula is H16K2Mg2Nb2O30-12. The molecule has 0 aromatic rings. The summed E-state index contributed by atoms with van der Waals surface area (Å²) in [5.41, 5.74) is 0. The molecule has 0 atom stereocenters. The van der Waals surface area contributed by atoms with Crippen LogP contribution in [0.5, 0.6) is 0 Å². The normalized spacial score (nSPS) is 1.33. The minimum Gasteiger partial charge on any atom is -1.00 e. The molecular weight excluding hydrogens is 793 g/mol. The van der Waals surface area contributed by atoms with Crippen molar-refractivity contribution in [3.8, 4) is 0 Å². The molecule has 16 N–H and O–H groups in total. The molecule has 224 valence electrons. The minimum absolute atomic E-state index is 0. The fourth-order valence-electron chi connectivity index (χ4n) is 0. The summed E-state index contributed by atoms with van der Waals surface area (Å²) in [6, 6.07) is 0. The van der Waals surface area contributed by atoms with Crippen LogP contribution >= 0.6 is 0 Å². The molecule has 0 bridgehead atoms. The summed E-state index contributed by atoms with van der Waals surface area (Å²) in [7, 11) is 0. The van der Waals surface area contributed by atoms with Crippen LogP contribution in [0.15, 0.2) is 0 Å². The Bertz CT molecular complexity index is 32.9. The molecule has 0 aromatic carbocycles. The van der Waals surface area contributed by atoms with Crippen LogP contribution in [0, 0.1) is 0 Å². The van der Waals surface area contributed by atoms with E-state index in [-0.39, 0.29) is 270 Å². The van der Waals surface area contributed by atoms with Gasteiger partial charge in [-0.3, -0.25) is 0 Å². The third-order valence-corrected chi connectivity index (χ3v) is 0. The second-order valence-corrected chi connectivity index (χ2v) is 0. The van der Waals surface area contributed by atoms with Crippen LogP contribution in [0.1, 0.15) is 0 Å². The van der Waals surface area contributed by atoms with Crippen molar-refractivity contribution < 1.29 is 308 Å². The summed E-state index contributed by atoms with van der Waals surface area (Å²) in [5, 5.41) is 112. The molecule has 0 heterocycles. The van der Waals surface area contributed by atoms with Gasteiger partial charge in [0.1, 0.15) is 0 Å². The van der Waals surface area contributed by atoms with E-state index in [0.717, 1.165) is 0 Å². The fourth-order valence-corrected chi connectivity index (χ4v) is 0. The van der Waals surface area contributed by atoms with Crippen LogP contribution in [-0.4, -0.2) is 123 Å². The second kappa shape index (κ2) is 2370. The van der Waals surface area contributed by atoms with Crippen LogP contribution in [0.3, 0.4) is 0 Å². The van der Waals surface area contributed by atoms with Gasteiger partial charge in [0.05, 0.1) is 0 Å². The number of hydrogen-bond donors (Lipinski definition) is 0. The maximum absolute atomic E-state index is 7.00. The van der Waals surface area contributed by atoms with Gasteiger partial charge in [0.15, 0.2) is 0 Å². The predicted molar refractivity (Wildman–Crippen MR) is 42.0 cm³/mol. The van der Waals surface area contributed by atoms with Crippen molar-refractivity contribution in [1.82, 2.24) is 0 Å². The quantitative estimate of drug-likeness (QED) is 0.124. The Balaban J connectivity index is -0.000000000724. The Morgan fingerprint density at radius 1 is 0.194 bits per heavy atom. The summed E-state index contributed by atoms with van der Waals surface area (Å²) in [6.45, 7) is 0. The van der Waals surface area contributed by atoms with Crippen molar-refractivity contribution in [2.24, 2.45) is 0 Å². The van der Waals surface area contributed by atoms with Crippen LogP contribution in [0.25, 0.3) is 0 Å². The zero-order chi connectivity index (χ0) is 16.0. The zero-order valence-electron chi connectivity index (χ0n) is 17.2. The maximum atomic E-state index is 7.00. The third kappa shape index (κ3) is 2190. The SMILES string of the molecule is O.O.[K+].[K+].[Mg+2].[Mg+2].[Nb+5].[Nb+5].[O-][O-].[O-][O-].[O-][O-].[O-][O-].[O-][O-].[O-][O-].[O-][O-].[O-][O-].[OH-].[OH-].[OH-].[OH-].[OH-].[OH-].[OH-].[OH-].[OH-].[OH-].[OH-].[OH-]. The molecule has 36 heavy (non-hydrogen) atoms. The van der Waals surface area contributed by atoms with Gasteiger partial charge >= 0.3 is 194 Å². The van der Waals surface area contributed by atoms with E-state index in [1.165, 1.54) is 0 Å². The van der Waals surface area contributed by atoms with Gasteiger partial charge in [-0.2, -0.15) is 0 Å². The van der Waals surface area contributed by atoms with E-state index in [1.807, 2.05) is 0 Å². The predicted octanol–water partition coefficient (Wildman–Crippen LogP) is -29.6. The second-order valence-electron chi connectivity index (χ2n) is 0. The van der Waals surface area contributed by atoms with E-state index in [2.05, 4.69) is 0 Å². The van der Waals surface area contributed by atoms with E-state index in [0.29, 0.717) is 0 Å². The Morgan fingerprint density at radius 2 is 0.194 bits per heavy atom. The molecule has 0 amide bonds. The number of hydrogen-bond acceptors (Lipinski definition) is 28. The van der Waals surface area contributed by atoms with Crippen molar-refractivity contribution in [1.29, 1.82) is 0 Å². The maximum Gasteiger partial charge on any atom is 5.00 e. The van der Waals surface area contributed by atoms with E-state index in [4.69, 9.17) is 84.1 Å². The van der Waals surface area contributed by atoms with Gasteiger partial charge in [0.25, 0.3) is 0 Å². The average Bonchev–Trinajstić information content (AvgIpc) is 2.54. The van der Waals surface area contributed by atoms with E-state index >= 15 is 0 Å². The Hall–Kier alpha value is 5.09. The van der Waals surface area contributed by atoms with E-state index < -0.39 is 0 Å². The Morgan fingerprint density at radius 3 is 0.194 bits per heavy atom. The minimum atomic E-state index is 0. The first kappa shape index (κ1) is 386. The molecule has 0 unspecified atom stereocenters. The molecule has 0 aliphatic rings. The number of rotatable bonds is 0. The summed E-state index contributed by atoms with van der Waals surface area (Å²) >= 11 is 0. The van der Waals surface area contributed by atoms with Crippen molar-refractivity contribution in [2.45, 2.75) is 0 Å². The topological polar surface area (TPSA) is 792 Å². The van der Waals surface area contributed by atoms with E-state index in [9.17, 15) is 0 Å². The molecule has 0 radical (unpaired) electrons.